The Morgan fingerprint density at radius 1 is 0.418 bits per heavy atom. The van der Waals surface area contributed by atoms with E-state index in [9.17, 15) is 19.8 Å². The standard InChI is InChI=1S/C61H115NO5/c1-3-5-7-9-11-13-15-16-17-18-24-27-30-34-37-41-45-49-53-59(64)58(57-63)62-60(65)54-50-46-42-38-35-31-28-25-22-20-19-21-23-26-29-32-36-40-44-48-52-56-67-61(66)55-51-47-43-39-33-14-12-10-8-6-4-2/h32,36,44,48-49,53,58-59,63-64H,3-31,33-35,37-43,45-47,50-52,54-57H2,1-2H3,(H,62,65)/b36-32-,48-44-,53-49+. The van der Waals surface area contributed by atoms with Crippen molar-refractivity contribution in [1.82, 2.24) is 5.32 Å². The summed E-state index contributed by atoms with van der Waals surface area (Å²) in [7, 11) is 0. The predicted molar refractivity (Wildman–Crippen MR) is 292 cm³/mol. The molecule has 0 aliphatic rings. The average molecular weight is 943 g/mol. The molecule has 0 aliphatic heterocycles. The molecule has 0 spiro atoms. The summed E-state index contributed by atoms with van der Waals surface area (Å²) in [4.78, 5) is 24.4. The van der Waals surface area contributed by atoms with Gasteiger partial charge in [-0.25, -0.2) is 0 Å². The minimum Gasteiger partial charge on any atom is -0.465 e. The van der Waals surface area contributed by atoms with Gasteiger partial charge in [-0.3, -0.25) is 9.59 Å². The highest BCUT2D eigenvalue weighted by Crippen LogP contribution is 2.17. The first-order valence-corrected chi connectivity index (χ1v) is 29.8. The van der Waals surface area contributed by atoms with Gasteiger partial charge < -0.3 is 20.3 Å². The van der Waals surface area contributed by atoms with Crippen molar-refractivity contribution in [2.75, 3.05) is 13.2 Å². The van der Waals surface area contributed by atoms with E-state index in [-0.39, 0.29) is 18.5 Å². The van der Waals surface area contributed by atoms with E-state index in [4.69, 9.17) is 4.74 Å². The lowest BCUT2D eigenvalue weighted by atomic mass is 10.0. The fraction of sp³-hybridized carbons (Fsp3) is 0.869. The van der Waals surface area contributed by atoms with Crippen molar-refractivity contribution in [3.8, 4) is 0 Å². The molecule has 0 aromatic heterocycles. The van der Waals surface area contributed by atoms with Gasteiger partial charge in [0.05, 0.1) is 25.4 Å². The van der Waals surface area contributed by atoms with E-state index in [0.29, 0.717) is 19.4 Å². The van der Waals surface area contributed by atoms with Crippen molar-refractivity contribution in [2.45, 2.75) is 328 Å². The van der Waals surface area contributed by atoms with Crippen LogP contribution in [0.15, 0.2) is 36.5 Å². The highest BCUT2D eigenvalue weighted by molar-refractivity contribution is 5.76. The van der Waals surface area contributed by atoms with Crippen LogP contribution in [0, 0.1) is 0 Å². The predicted octanol–water partition coefficient (Wildman–Crippen LogP) is 18.4. The summed E-state index contributed by atoms with van der Waals surface area (Å²) < 4.78 is 5.40. The summed E-state index contributed by atoms with van der Waals surface area (Å²) in [5.74, 6) is -0.107. The molecule has 0 fully saturated rings. The molecule has 67 heavy (non-hydrogen) atoms. The fourth-order valence-corrected chi connectivity index (χ4v) is 9.12. The van der Waals surface area contributed by atoms with E-state index in [1.165, 1.54) is 238 Å². The van der Waals surface area contributed by atoms with Crippen molar-refractivity contribution in [3.63, 3.8) is 0 Å². The molecule has 0 rings (SSSR count). The number of ether oxygens (including phenoxy) is 1. The van der Waals surface area contributed by atoms with Crippen LogP contribution in [0.2, 0.25) is 0 Å². The monoisotopic (exact) mass is 942 g/mol. The van der Waals surface area contributed by atoms with Gasteiger partial charge in [0.2, 0.25) is 5.91 Å². The minimum absolute atomic E-state index is 0.0362. The van der Waals surface area contributed by atoms with E-state index in [0.717, 1.165) is 51.4 Å². The Morgan fingerprint density at radius 3 is 1.13 bits per heavy atom. The van der Waals surface area contributed by atoms with Crippen LogP contribution in [0.1, 0.15) is 316 Å². The highest BCUT2D eigenvalue weighted by atomic mass is 16.5. The molecule has 6 heteroatoms. The molecule has 0 saturated carbocycles. The summed E-state index contributed by atoms with van der Waals surface area (Å²) in [6.45, 7) is 4.80. The van der Waals surface area contributed by atoms with Crippen molar-refractivity contribution in [1.29, 1.82) is 0 Å². The normalized spacial score (nSPS) is 12.8. The molecule has 0 aromatic rings. The largest absolute Gasteiger partial charge is 0.465 e. The molecule has 0 heterocycles. The summed E-state index contributed by atoms with van der Waals surface area (Å²) in [6.07, 6.45) is 70.5. The van der Waals surface area contributed by atoms with Gasteiger partial charge in [-0.2, -0.15) is 0 Å². The Labute approximate surface area is 417 Å². The third-order valence-corrected chi connectivity index (χ3v) is 13.7. The maximum atomic E-state index is 12.5. The number of aliphatic hydroxyl groups is 2. The highest BCUT2D eigenvalue weighted by Gasteiger charge is 2.18. The number of nitrogens with one attached hydrogen (secondary N) is 1. The van der Waals surface area contributed by atoms with E-state index in [2.05, 4.69) is 43.5 Å². The molecule has 1 amide bonds. The maximum Gasteiger partial charge on any atom is 0.305 e. The number of unbranched alkanes of at least 4 members (excludes halogenated alkanes) is 40. The Balaban J connectivity index is 3.49. The summed E-state index contributed by atoms with van der Waals surface area (Å²) in [5, 5.41) is 23.2. The van der Waals surface area contributed by atoms with Gasteiger partial charge in [0, 0.05) is 12.8 Å². The molecule has 0 bridgehead atoms. The second-order valence-electron chi connectivity index (χ2n) is 20.3. The van der Waals surface area contributed by atoms with Crippen LogP contribution in [-0.4, -0.2) is 47.4 Å². The van der Waals surface area contributed by atoms with Crippen LogP contribution in [0.25, 0.3) is 0 Å². The SMILES string of the molecule is CCCCCCCCCCCCCCCCCC/C=C/C(O)C(CO)NC(=O)CCCCCCCCCCCCCCCC/C=C\C/C=C\CCOC(=O)CCCCCCCCCCCCC. The molecule has 0 aromatic carbocycles. The molecule has 0 saturated heterocycles. The third kappa shape index (κ3) is 53.3. The number of rotatable bonds is 55. The van der Waals surface area contributed by atoms with Gasteiger partial charge in [-0.15, -0.1) is 0 Å². The van der Waals surface area contributed by atoms with E-state index in [1.54, 1.807) is 6.08 Å². The van der Waals surface area contributed by atoms with Gasteiger partial charge in [0.1, 0.15) is 0 Å². The third-order valence-electron chi connectivity index (χ3n) is 13.7. The smallest absolute Gasteiger partial charge is 0.305 e. The summed E-state index contributed by atoms with van der Waals surface area (Å²) in [5.41, 5.74) is 0. The molecule has 2 unspecified atom stereocenters. The van der Waals surface area contributed by atoms with Crippen molar-refractivity contribution in [3.05, 3.63) is 36.5 Å². The number of allylic oxidation sites excluding steroid dienone is 4. The van der Waals surface area contributed by atoms with Gasteiger partial charge >= 0.3 is 5.97 Å². The molecular formula is C61H115NO5. The zero-order valence-corrected chi connectivity index (χ0v) is 44.9. The number of hydrogen-bond acceptors (Lipinski definition) is 5. The minimum atomic E-state index is -0.848. The number of amides is 1. The number of carbonyl (C=O) groups is 2. The average Bonchev–Trinajstić information content (AvgIpc) is 3.33. The molecule has 394 valence electrons. The maximum absolute atomic E-state index is 12.5. The van der Waals surface area contributed by atoms with Crippen LogP contribution in [0.3, 0.4) is 0 Å². The van der Waals surface area contributed by atoms with Crippen LogP contribution in [-0.2, 0) is 14.3 Å². The second-order valence-corrected chi connectivity index (χ2v) is 20.3. The molecule has 3 N–H and O–H groups in total. The van der Waals surface area contributed by atoms with Crippen LogP contribution in [0.5, 0.6) is 0 Å². The van der Waals surface area contributed by atoms with Crippen molar-refractivity contribution < 1.29 is 24.5 Å². The van der Waals surface area contributed by atoms with E-state index < -0.39 is 12.1 Å². The zero-order chi connectivity index (χ0) is 48.6. The van der Waals surface area contributed by atoms with Gasteiger partial charge in [0.15, 0.2) is 0 Å². The van der Waals surface area contributed by atoms with Crippen LogP contribution < -0.4 is 5.32 Å². The van der Waals surface area contributed by atoms with Crippen molar-refractivity contribution >= 4 is 11.9 Å². The molecule has 6 nitrogen and oxygen atoms in total. The van der Waals surface area contributed by atoms with Gasteiger partial charge in [-0.05, 0) is 51.4 Å². The first-order chi connectivity index (χ1) is 33.0. The lowest BCUT2D eigenvalue weighted by molar-refractivity contribution is -0.143. The van der Waals surface area contributed by atoms with Gasteiger partial charge in [0.25, 0.3) is 0 Å². The fourth-order valence-electron chi connectivity index (χ4n) is 9.12. The Kier molecular flexibility index (Phi) is 55.0. The molecule has 0 aliphatic carbocycles. The second kappa shape index (κ2) is 56.7. The quantitative estimate of drug-likeness (QED) is 0.0321. The van der Waals surface area contributed by atoms with Gasteiger partial charge in [-0.1, -0.05) is 288 Å². The summed E-state index contributed by atoms with van der Waals surface area (Å²) in [6, 6.07) is -0.632. The van der Waals surface area contributed by atoms with E-state index >= 15 is 0 Å². The van der Waals surface area contributed by atoms with Crippen LogP contribution >= 0.6 is 0 Å². The van der Waals surface area contributed by atoms with Crippen LogP contribution in [0.4, 0.5) is 0 Å². The zero-order valence-electron chi connectivity index (χ0n) is 44.9. The topological polar surface area (TPSA) is 95.9 Å². The number of esters is 1. The van der Waals surface area contributed by atoms with E-state index in [1.807, 2.05) is 6.08 Å². The lowest BCUT2D eigenvalue weighted by Gasteiger charge is -2.20. The Hall–Kier alpha value is -1.92. The molecular weight excluding hydrogens is 827 g/mol. The number of aliphatic hydroxyl groups excluding tert-OH is 2. The Bertz CT molecular complexity index is 1090. The first kappa shape index (κ1) is 65.1. The first-order valence-electron chi connectivity index (χ1n) is 29.8. The Morgan fingerprint density at radius 2 is 0.746 bits per heavy atom. The number of hydrogen-bond donors (Lipinski definition) is 3. The lowest BCUT2D eigenvalue weighted by Crippen LogP contribution is -2.45. The summed E-state index contributed by atoms with van der Waals surface area (Å²) >= 11 is 0. The number of carbonyl (C=O) groups excluding carboxylic acids is 2. The van der Waals surface area contributed by atoms with Crippen molar-refractivity contribution in [2.24, 2.45) is 0 Å². The molecule has 2 atom stereocenters. The molecule has 0 radical (unpaired) electrons.